The fraction of sp³-hybridized carbons (Fsp3) is 0.619. The van der Waals surface area contributed by atoms with Gasteiger partial charge in [0.15, 0.2) is 0 Å². The molecule has 0 N–H and O–H groups in total. The van der Waals surface area contributed by atoms with Gasteiger partial charge < -0.3 is 9.47 Å². The number of imidazole rings is 1. The van der Waals surface area contributed by atoms with E-state index in [0.29, 0.717) is 18.1 Å². The number of hydrogen-bond acceptors (Lipinski definition) is 4. The summed E-state index contributed by atoms with van der Waals surface area (Å²) in [6.45, 7) is 4.54. The number of piperidine rings is 2. The molecule has 0 aliphatic carbocycles. The third kappa shape index (κ3) is 3.30. The lowest BCUT2D eigenvalue weighted by molar-refractivity contribution is 0.0997. The maximum absolute atomic E-state index is 4.82. The highest BCUT2D eigenvalue weighted by Crippen LogP contribution is 2.41. The van der Waals surface area contributed by atoms with Crippen LogP contribution in [-0.4, -0.2) is 51.5 Å². The lowest BCUT2D eigenvalue weighted by Crippen LogP contribution is -2.37. The van der Waals surface area contributed by atoms with Crippen LogP contribution in [0.15, 0.2) is 30.7 Å². The van der Waals surface area contributed by atoms with E-state index in [0.717, 1.165) is 0 Å². The molecule has 5 heteroatoms. The van der Waals surface area contributed by atoms with Crippen molar-refractivity contribution in [2.45, 2.75) is 57.2 Å². The highest BCUT2D eigenvalue weighted by molar-refractivity contribution is 5.22. The Balaban J connectivity index is 1.58. The molecule has 2 saturated heterocycles. The van der Waals surface area contributed by atoms with E-state index in [2.05, 4.69) is 47.6 Å². The van der Waals surface area contributed by atoms with Crippen molar-refractivity contribution >= 4 is 0 Å². The van der Waals surface area contributed by atoms with Gasteiger partial charge in [-0.25, -0.2) is 4.98 Å². The average molecular weight is 354 g/mol. The molecular weight excluding hydrogens is 322 g/mol. The zero-order chi connectivity index (χ0) is 18.1. The summed E-state index contributed by atoms with van der Waals surface area (Å²) in [7, 11) is 4.48. The third-order valence-electron chi connectivity index (χ3n) is 6.38. The number of pyridine rings is 1. The highest BCUT2D eigenvalue weighted by Gasteiger charge is 2.34. The van der Waals surface area contributed by atoms with Crippen molar-refractivity contribution in [2.75, 3.05) is 27.2 Å². The summed E-state index contributed by atoms with van der Waals surface area (Å²) >= 11 is 0. The Morgan fingerprint density at radius 3 is 2.50 bits per heavy atom. The molecule has 5 nitrogen and oxygen atoms in total. The van der Waals surface area contributed by atoms with Gasteiger partial charge >= 0.3 is 0 Å². The van der Waals surface area contributed by atoms with Crippen LogP contribution >= 0.6 is 0 Å². The van der Waals surface area contributed by atoms with Gasteiger partial charge in [0.05, 0.1) is 17.8 Å². The van der Waals surface area contributed by atoms with Gasteiger partial charge in [0.1, 0.15) is 5.82 Å². The molecule has 0 unspecified atom stereocenters. The van der Waals surface area contributed by atoms with Gasteiger partial charge in [-0.2, -0.15) is 0 Å². The molecule has 26 heavy (non-hydrogen) atoms. The molecule has 2 aliphatic rings. The van der Waals surface area contributed by atoms with Crippen LogP contribution < -0.4 is 0 Å². The monoisotopic (exact) mass is 353 g/mol. The summed E-state index contributed by atoms with van der Waals surface area (Å²) in [6.07, 6.45) is 12.2. The van der Waals surface area contributed by atoms with Crippen LogP contribution in [0.3, 0.4) is 0 Å². The Morgan fingerprint density at radius 2 is 1.73 bits per heavy atom. The number of rotatable bonds is 3. The van der Waals surface area contributed by atoms with Crippen molar-refractivity contribution in [1.29, 1.82) is 0 Å². The van der Waals surface area contributed by atoms with Gasteiger partial charge in [0, 0.05) is 24.6 Å². The van der Waals surface area contributed by atoms with E-state index in [9.17, 15) is 0 Å². The first-order valence-electron chi connectivity index (χ1n) is 10.00. The van der Waals surface area contributed by atoms with Gasteiger partial charge in [0.25, 0.3) is 0 Å². The van der Waals surface area contributed by atoms with Crippen molar-refractivity contribution < 1.29 is 0 Å². The summed E-state index contributed by atoms with van der Waals surface area (Å²) in [4.78, 5) is 14.5. The van der Waals surface area contributed by atoms with Crippen molar-refractivity contribution in [3.05, 3.63) is 47.8 Å². The molecule has 2 aromatic heterocycles. The first-order valence-corrected chi connectivity index (χ1v) is 10.00. The van der Waals surface area contributed by atoms with Crippen molar-refractivity contribution in [3.63, 3.8) is 0 Å². The SMILES string of the molecule is Cc1cccnc1[C@@H]1CCC[C@H](c2nccn2C2CCN(C)CC2)N1C. The maximum atomic E-state index is 4.82. The molecule has 0 aromatic carbocycles. The zero-order valence-corrected chi connectivity index (χ0v) is 16.3. The molecule has 0 radical (unpaired) electrons. The Labute approximate surface area is 157 Å². The Morgan fingerprint density at radius 1 is 0.962 bits per heavy atom. The molecule has 4 heterocycles. The van der Waals surface area contributed by atoms with E-state index in [1.54, 1.807) is 0 Å². The largest absolute Gasteiger partial charge is 0.330 e. The predicted octanol–water partition coefficient (Wildman–Crippen LogP) is 3.75. The second-order valence-electron chi connectivity index (χ2n) is 8.06. The Bertz CT molecular complexity index is 732. The fourth-order valence-electron chi connectivity index (χ4n) is 4.78. The fourth-order valence-corrected chi connectivity index (χ4v) is 4.78. The molecule has 0 saturated carbocycles. The smallest absolute Gasteiger partial charge is 0.126 e. The second kappa shape index (κ2) is 7.49. The molecule has 0 amide bonds. The van der Waals surface area contributed by atoms with Gasteiger partial charge in [-0.05, 0) is 77.8 Å². The molecule has 4 rings (SSSR count). The van der Waals surface area contributed by atoms with Crippen LogP contribution in [0.4, 0.5) is 0 Å². The molecule has 2 atom stereocenters. The van der Waals surface area contributed by atoms with E-state index >= 15 is 0 Å². The standard InChI is InChI=1S/C21H31N5/c1-16-6-5-11-22-20(16)18-7-4-8-19(25(18)3)21-23-12-15-26(21)17-9-13-24(2)14-10-17/h5-6,11-12,15,17-19H,4,7-10,13-14H2,1-3H3/t18-,19+/m0/s1. The van der Waals surface area contributed by atoms with Crippen molar-refractivity contribution in [1.82, 2.24) is 24.3 Å². The van der Waals surface area contributed by atoms with E-state index in [4.69, 9.17) is 9.97 Å². The topological polar surface area (TPSA) is 37.2 Å². The van der Waals surface area contributed by atoms with Crippen LogP contribution in [0.5, 0.6) is 0 Å². The summed E-state index contributed by atoms with van der Waals surface area (Å²) in [5.74, 6) is 1.25. The van der Waals surface area contributed by atoms with E-state index in [1.165, 1.54) is 62.3 Å². The zero-order valence-electron chi connectivity index (χ0n) is 16.3. The van der Waals surface area contributed by atoms with E-state index in [1.807, 2.05) is 18.5 Å². The minimum atomic E-state index is 0.379. The lowest BCUT2D eigenvalue weighted by Gasteiger charge is -2.40. The molecule has 2 fully saturated rings. The van der Waals surface area contributed by atoms with Gasteiger partial charge in [-0.15, -0.1) is 0 Å². The van der Waals surface area contributed by atoms with Crippen molar-refractivity contribution in [2.24, 2.45) is 0 Å². The van der Waals surface area contributed by atoms with Crippen LogP contribution in [0.2, 0.25) is 0 Å². The van der Waals surface area contributed by atoms with Crippen LogP contribution in [0.1, 0.15) is 67.3 Å². The summed E-state index contributed by atoms with van der Waals surface area (Å²) in [5.41, 5.74) is 2.53. The summed E-state index contributed by atoms with van der Waals surface area (Å²) < 4.78 is 2.47. The molecule has 2 aromatic rings. The second-order valence-corrected chi connectivity index (χ2v) is 8.06. The Hall–Kier alpha value is -1.72. The van der Waals surface area contributed by atoms with E-state index < -0.39 is 0 Å². The molecular formula is C21H31N5. The summed E-state index contributed by atoms with van der Waals surface area (Å²) in [5, 5.41) is 0. The highest BCUT2D eigenvalue weighted by atomic mass is 15.2. The number of hydrogen-bond donors (Lipinski definition) is 0. The molecule has 140 valence electrons. The first-order chi connectivity index (χ1) is 12.6. The molecule has 2 aliphatic heterocycles. The predicted molar refractivity (Wildman–Crippen MR) is 104 cm³/mol. The molecule has 0 spiro atoms. The quantitative estimate of drug-likeness (QED) is 0.842. The normalized spacial score (nSPS) is 26.3. The minimum absolute atomic E-state index is 0.379. The first kappa shape index (κ1) is 17.7. The lowest BCUT2D eigenvalue weighted by atomic mass is 9.91. The number of likely N-dealkylation sites (tertiary alicyclic amines) is 2. The van der Waals surface area contributed by atoms with Crippen LogP contribution in [-0.2, 0) is 0 Å². The van der Waals surface area contributed by atoms with Crippen LogP contribution in [0, 0.1) is 6.92 Å². The van der Waals surface area contributed by atoms with Gasteiger partial charge in [-0.3, -0.25) is 9.88 Å². The Kier molecular flexibility index (Phi) is 5.09. The molecule has 0 bridgehead atoms. The average Bonchev–Trinajstić information content (AvgIpc) is 3.13. The number of aromatic nitrogens is 3. The number of aryl methyl sites for hydroxylation is 1. The van der Waals surface area contributed by atoms with Crippen molar-refractivity contribution in [3.8, 4) is 0 Å². The maximum Gasteiger partial charge on any atom is 0.126 e. The third-order valence-corrected chi connectivity index (χ3v) is 6.38. The van der Waals surface area contributed by atoms with Crippen LogP contribution in [0.25, 0.3) is 0 Å². The van der Waals surface area contributed by atoms with Gasteiger partial charge in [-0.1, -0.05) is 6.07 Å². The van der Waals surface area contributed by atoms with Gasteiger partial charge in [0.2, 0.25) is 0 Å². The number of nitrogens with zero attached hydrogens (tertiary/aromatic N) is 5. The van der Waals surface area contributed by atoms with E-state index in [-0.39, 0.29) is 0 Å². The minimum Gasteiger partial charge on any atom is -0.330 e. The summed E-state index contributed by atoms with van der Waals surface area (Å²) in [6, 6.07) is 5.57.